The maximum absolute atomic E-state index is 11.3. The second-order valence-electron chi connectivity index (χ2n) is 5.11. The molecule has 0 amide bonds. The molecule has 11 heteroatoms. The molecule has 1 unspecified atom stereocenters. The topological polar surface area (TPSA) is 129 Å². The summed E-state index contributed by atoms with van der Waals surface area (Å²) in [6, 6.07) is -0.133. The maximum atomic E-state index is 11.3. The molecule has 0 spiro atoms. The number of hydrogen-bond donors (Lipinski definition) is 4. The Hall–Kier alpha value is -1.59. The van der Waals surface area contributed by atoms with E-state index in [1.165, 1.54) is 6.26 Å². The van der Waals surface area contributed by atoms with Crippen LogP contribution in [0.15, 0.2) is 15.8 Å². The summed E-state index contributed by atoms with van der Waals surface area (Å²) in [6.45, 7) is 3.99. The second kappa shape index (κ2) is 7.79. The average Bonchev–Trinajstić information content (AvgIpc) is 2.96. The third-order valence-corrected chi connectivity index (χ3v) is 4.34. The van der Waals surface area contributed by atoms with Crippen molar-refractivity contribution in [3.05, 3.63) is 10.7 Å². The van der Waals surface area contributed by atoms with Gasteiger partial charge in [0.2, 0.25) is 17.1 Å². The van der Waals surface area contributed by atoms with Crippen molar-refractivity contribution < 1.29 is 9.32 Å². The van der Waals surface area contributed by atoms with Gasteiger partial charge in [-0.2, -0.15) is 9.97 Å². The minimum absolute atomic E-state index is 0.0104. The fourth-order valence-electron chi connectivity index (χ4n) is 1.66. The van der Waals surface area contributed by atoms with Gasteiger partial charge in [-0.1, -0.05) is 13.8 Å². The van der Waals surface area contributed by atoms with Gasteiger partial charge in [0.15, 0.2) is 0 Å². The minimum atomic E-state index is -1.25. The van der Waals surface area contributed by atoms with Crippen LogP contribution in [0.3, 0.4) is 0 Å². The molecule has 2 heterocycles. The lowest BCUT2D eigenvalue weighted by Crippen LogP contribution is -2.30. The lowest BCUT2D eigenvalue weighted by Gasteiger charge is -2.21. The molecule has 0 bridgehead atoms. The van der Waals surface area contributed by atoms with E-state index in [-0.39, 0.29) is 35.6 Å². The van der Waals surface area contributed by atoms with Crippen LogP contribution in [-0.2, 0) is 10.8 Å². The summed E-state index contributed by atoms with van der Waals surface area (Å²) in [6.07, 6.45) is 3.08. The third-order valence-electron chi connectivity index (χ3n) is 3.03. The molecule has 0 radical (unpaired) electrons. The Kier molecular flexibility index (Phi) is 6.02. The molecular formula is C12H18BrN7O2S. The van der Waals surface area contributed by atoms with Crippen LogP contribution in [0.1, 0.15) is 13.8 Å². The van der Waals surface area contributed by atoms with Crippen molar-refractivity contribution in [1.29, 1.82) is 0 Å². The van der Waals surface area contributed by atoms with E-state index in [1.807, 2.05) is 13.8 Å². The average molecular weight is 404 g/mol. The standard InChI is InChI=1S/C12H18BrN7O2S/c1-6(2)8(5-21)15-9-7(13)4-14-10(16-9)17-11-18-12(20-19-11)23(3)22/h4,6,8,21H,5H2,1-3H3,(H3,14,15,16,17,18,19,20)/t8-,23?/m0/s1. The predicted molar refractivity (Wildman–Crippen MR) is 91.1 cm³/mol. The molecule has 0 aliphatic heterocycles. The SMILES string of the molecule is CC(C)[C@H](CO)Nc1nc(Nc2n[nH]c(S(C)=O)n2)ncc1Br. The Balaban J connectivity index is 2.17. The lowest BCUT2D eigenvalue weighted by molar-refractivity contribution is 0.249. The Morgan fingerprint density at radius 3 is 2.70 bits per heavy atom. The van der Waals surface area contributed by atoms with Crippen molar-refractivity contribution in [1.82, 2.24) is 25.1 Å². The van der Waals surface area contributed by atoms with Crippen molar-refractivity contribution in [3.63, 3.8) is 0 Å². The second-order valence-corrected chi connectivity index (χ2v) is 7.26. The number of aliphatic hydroxyl groups excluding tert-OH is 1. The van der Waals surface area contributed by atoms with Crippen molar-refractivity contribution in [2.75, 3.05) is 23.5 Å². The van der Waals surface area contributed by atoms with E-state index >= 15 is 0 Å². The van der Waals surface area contributed by atoms with Crippen LogP contribution in [0.25, 0.3) is 0 Å². The molecule has 0 aromatic carbocycles. The van der Waals surface area contributed by atoms with Gasteiger partial charge < -0.3 is 10.4 Å². The zero-order valence-electron chi connectivity index (χ0n) is 12.9. The van der Waals surface area contributed by atoms with Crippen LogP contribution in [-0.4, -0.2) is 53.4 Å². The molecule has 4 N–H and O–H groups in total. The van der Waals surface area contributed by atoms with Crippen molar-refractivity contribution in [2.45, 2.75) is 25.0 Å². The Morgan fingerprint density at radius 1 is 1.39 bits per heavy atom. The number of aromatic amines is 1. The first-order valence-corrected chi connectivity index (χ1v) is 9.18. The minimum Gasteiger partial charge on any atom is -0.394 e. The van der Waals surface area contributed by atoms with Crippen LogP contribution < -0.4 is 10.6 Å². The molecule has 0 saturated carbocycles. The first-order chi connectivity index (χ1) is 10.9. The zero-order valence-corrected chi connectivity index (χ0v) is 15.3. The quantitative estimate of drug-likeness (QED) is 0.543. The molecule has 126 valence electrons. The Labute approximate surface area is 144 Å². The summed E-state index contributed by atoms with van der Waals surface area (Å²) < 4.78 is 12.0. The monoisotopic (exact) mass is 403 g/mol. The molecule has 2 rings (SSSR count). The Morgan fingerprint density at radius 2 is 2.13 bits per heavy atom. The van der Waals surface area contributed by atoms with Gasteiger partial charge in [-0.3, -0.25) is 14.6 Å². The number of nitrogens with zero attached hydrogens (tertiary/aromatic N) is 4. The first kappa shape index (κ1) is 17.8. The van der Waals surface area contributed by atoms with Gasteiger partial charge in [-0.15, -0.1) is 5.10 Å². The fourth-order valence-corrected chi connectivity index (χ4v) is 2.35. The van der Waals surface area contributed by atoms with Gasteiger partial charge in [-0.05, 0) is 21.8 Å². The third kappa shape index (κ3) is 4.69. The molecule has 2 aromatic heterocycles. The molecule has 23 heavy (non-hydrogen) atoms. The highest BCUT2D eigenvalue weighted by Crippen LogP contribution is 2.23. The number of anilines is 3. The molecule has 9 nitrogen and oxygen atoms in total. The Bertz CT molecular complexity index is 694. The van der Waals surface area contributed by atoms with Crippen LogP contribution in [0, 0.1) is 5.92 Å². The molecule has 0 saturated heterocycles. The van der Waals surface area contributed by atoms with E-state index in [2.05, 4.69) is 51.7 Å². The van der Waals surface area contributed by atoms with Gasteiger partial charge >= 0.3 is 0 Å². The summed E-state index contributed by atoms with van der Waals surface area (Å²) in [4.78, 5) is 12.5. The number of H-pyrrole nitrogens is 1. The number of rotatable bonds is 7. The van der Waals surface area contributed by atoms with E-state index in [9.17, 15) is 9.32 Å². The summed E-state index contributed by atoms with van der Waals surface area (Å²) in [5.41, 5.74) is 0. The number of nitrogens with one attached hydrogen (secondary N) is 3. The van der Waals surface area contributed by atoms with Gasteiger partial charge in [0.05, 0.1) is 27.9 Å². The van der Waals surface area contributed by atoms with E-state index in [1.54, 1.807) is 6.20 Å². The lowest BCUT2D eigenvalue weighted by atomic mass is 10.1. The van der Waals surface area contributed by atoms with E-state index in [4.69, 9.17) is 0 Å². The summed E-state index contributed by atoms with van der Waals surface area (Å²) in [5.74, 6) is 1.29. The predicted octanol–water partition coefficient (Wildman–Crippen LogP) is 1.27. The van der Waals surface area contributed by atoms with E-state index in [0.29, 0.717) is 10.3 Å². The highest BCUT2D eigenvalue weighted by molar-refractivity contribution is 9.10. The number of halogens is 1. The molecular weight excluding hydrogens is 386 g/mol. The number of aromatic nitrogens is 5. The number of aliphatic hydroxyl groups is 1. The summed E-state index contributed by atoms with van der Waals surface area (Å²) in [7, 11) is -1.25. The van der Waals surface area contributed by atoms with Crippen LogP contribution >= 0.6 is 15.9 Å². The molecule has 0 aliphatic rings. The molecule has 2 aromatic rings. The van der Waals surface area contributed by atoms with E-state index in [0.717, 1.165) is 0 Å². The van der Waals surface area contributed by atoms with Gasteiger partial charge in [0.1, 0.15) is 5.82 Å². The molecule has 0 fully saturated rings. The van der Waals surface area contributed by atoms with Crippen LogP contribution in [0.5, 0.6) is 0 Å². The normalized spacial score (nSPS) is 13.8. The maximum Gasteiger partial charge on any atom is 0.249 e. The van der Waals surface area contributed by atoms with Gasteiger partial charge in [0, 0.05) is 12.5 Å². The highest BCUT2D eigenvalue weighted by Gasteiger charge is 2.15. The smallest absolute Gasteiger partial charge is 0.249 e. The highest BCUT2D eigenvalue weighted by atomic mass is 79.9. The molecule has 2 atom stereocenters. The van der Waals surface area contributed by atoms with Crippen molar-refractivity contribution >= 4 is 44.4 Å². The van der Waals surface area contributed by atoms with Crippen LogP contribution in [0.4, 0.5) is 17.7 Å². The summed E-state index contributed by atoms with van der Waals surface area (Å²) >= 11 is 3.37. The van der Waals surface area contributed by atoms with Gasteiger partial charge in [-0.25, -0.2) is 4.98 Å². The fraction of sp³-hybridized carbons (Fsp3) is 0.500. The largest absolute Gasteiger partial charge is 0.394 e. The number of hydrogen-bond acceptors (Lipinski definition) is 8. The summed E-state index contributed by atoms with van der Waals surface area (Å²) in [5, 5.41) is 22.1. The van der Waals surface area contributed by atoms with Gasteiger partial charge in [0.25, 0.3) is 0 Å². The first-order valence-electron chi connectivity index (χ1n) is 6.83. The zero-order chi connectivity index (χ0) is 17.0. The van der Waals surface area contributed by atoms with E-state index < -0.39 is 10.8 Å². The van der Waals surface area contributed by atoms with Crippen molar-refractivity contribution in [2.24, 2.45) is 5.92 Å². The van der Waals surface area contributed by atoms with Crippen molar-refractivity contribution in [3.8, 4) is 0 Å². The van der Waals surface area contributed by atoms with Crippen LogP contribution in [0.2, 0.25) is 0 Å². The molecule has 0 aliphatic carbocycles.